The van der Waals surface area contributed by atoms with Crippen LogP contribution in [-0.4, -0.2) is 12.1 Å². The lowest BCUT2D eigenvalue weighted by Gasteiger charge is -1.95. The number of aliphatic imine (C=N–C) groups is 1. The van der Waals surface area contributed by atoms with Crippen LogP contribution in [0.5, 0.6) is 0 Å². The number of carbonyl (C=O) groups excluding carboxylic acids is 1. The Morgan fingerprint density at radius 1 is 1.36 bits per heavy atom. The second kappa shape index (κ2) is 3.66. The van der Waals surface area contributed by atoms with Crippen molar-refractivity contribution in [1.29, 1.82) is 0 Å². The van der Waals surface area contributed by atoms with Gasteiger partial charge in [0.1, 0.15) is 0 Å². The minimum Gasteiger partial charge on any atom is -0.276 e. The monoisotopic (exact) mass is 147 g/mol. The van der Waals surface area contributed by atoms with E-state index in [0.717, 1.165) is 11.3 Å². The zero-order valence-corrected chi connectivity index (χ0v) is 6.32. The third-order valence-electron chi connectivity index (χ3n) is 1.44. The van der Waals surface area contributed by atoms with E-state index in [1.807, 2.05) is 37.3 Å². The van der Waals surface area contributed by atoms with E-state index in [-0.39, 0.29) is 0 Å². The summed E-state index contributed by atoms with van der Waals surface area (Å²) in [5, 5.41) is 0. The highest BCUT2D eigenvalue weighted by Crippen LogP contribution is 1.99. The molecule has 0 saturated heterocycles. The molecule has 0 radical (unpaired) electrons. The first-order valence-electron chi connectivity index (χ1n) is 3.38. The minimum absolute atomic E-state index is 0.558. The van der Waals surface area contributed by atoms with Crippen molar-refractivity contribution in [1.82, 2.24) is 0 Å². The smallest absolute Gasteiger partial charge is 0.233 e. The summed E-state index contributed by atoms with van der Waals surface area (Å²) in [5.41, 5.74) is 1.74. The van der Waals surface area contributed by atoms with E-state index in [1.54, 1.807) is 0 Å². The number of hydrogen-bond acceptors (Lipinski definition) is 1. The molecule has 0 heterocycles. The van der Waals surface area contributed by atoms with Gasteiger partial charge in [0.15, 0.2) is 0 Å². The number of rotatable bonds is 2. The molecule has 0 unspecified atom stereocenters. The van der Waals surface area contributed by atoms with Gasteiger partial charge in [-0.25, -0.2) is 4.99 Å². The van der Waals surface area contributed by atoms with Gasteiger partial charge in [0.05, 0.1) is 0 Å². The van der Waals surface area contributed by atoms with E-state index in [2.05, 4.69) is 4.99 Å². The molecule has 2 heteroatoms. The maximum Gasteiger partial charge on any atom is 0.233 e. The lowest BCUT2D eigenvalue weighted by molar-refractivity contribution is -0.106. The van der Waals surface area contributed by atoms with Crippen LogP contribution in [0.15, 0.2) is 35.3 Å². The van der Waals surface area contributed by atoms with Gasteiger partial charge < -0.3 is 0 Å². The van der Waals surface area contributed by atoms with E-state index in [0.29, 0.717) is 6.41 Å². The molecule has 0 fully saturated rings. The molecule has 0 atom stereocenters. The molecule has 0 aliphatic heterocycles. The van der Waals surface area contributed by atoms with Crippen molar-refractivity contribution in [2.24, 2.45) is 4.99 Å². The molecule has 0 aliphatic rings. The maximum atomic E-state index is 10.0. The summed E-state index contributed by atoms with van der Waals surface area (Å²) >= 11 is 0. The van der Waals surface area contributed by atoms with Crippen molar-refractivity contribution in [2.45, 2.75) is 6.92 Å². The van der Waals surface area contributed by atoms with Crippen molar-refractivity contribution in [3.8, 4) is 0 Å². The Balaban J connectivity index is 2.94. The summed E-state index contributed by atoms with van der Waals surface area (Å²) < 4.78 is 0. The van der Waals surface area contributed by atoms with Gasteiger partial charge in [-0.3, -0.25) is 4.79 Å². The molecule has 1 aromatic carbocycles. The first-order valence-corrected chi connectivity index (χ1v) is 3.38. The second-order valence-electron chi connectivity index (χ2n) is 2.19. The summed E-state index contributed by atoms with van der Waals surface area (Å²) in [6, 6.07) is 9.60. The fraction of sp³-hybridized carbons (Fsp3) is 0.111. The molecule has 0 bridgehead atoms. The predicted octanol–water partition coefficient (Wildman–Crippen LogP) is 1.65. The normalized spacial score (nSPS) is 11.2. The molecular weight excluding hydrogens is 138 g/mol. The van der Waals surface area contributed by atoms with Gasteiger partial charge in [0.25, 0.3) is 0 Å². The Hall–Kier alpha value is -1.44. The maximum absolute atomic E-state index is 10.0. The quantitative estimate of drug-likeness (QED) is 0.462. The molecule has 1 aromatic rings. The number of carbonyl (C=O) groups is 1. The standard InChI is InChI=1S/C9H9NO/c1-8(10-7-11)9-5-3-2-4-6-9/h2-7H,1H3/b10-8+. The largest absolute Gasteiger partial charge is 0.276 e. The number of benzene rings is 1. The summed E-state index contributed by atoms with van der Waals surface area (Å²) in [7, 11) is 0. The molecule has 0 saturated carbocycles. The van der Waals surface area contributed by atoms with Gasteiger partial charge in [-0.15, -0.1) is 0 Å². The van der Waals surface area contributed by atoms with Crippen LogP contribution >= 0.6 is 0 Å². The van der Waals surface area contributed by atoms with E-state index in [4.69, 9.17) is 0 Å². The Labute approximate surface area is 65.6 Å². The summed E-state index contributed by atoms with van der Waals surface area (Å²) in [6.07, 6.45) is 0.558. The minimum atomic E-state index is 0.558. The topological polar surface area (TPSA) is 29.4 Å². The molecule has 1 amide bonds. The van der Waals surface area contributed by atoms with Gasteiger partial charge >= 0.3 is 0 Å². The van der Waals surface area contributed by atoms with E-state index in [1.165, 1.54) is 0 Å². The third-order valence-corrected chi connectivity index (χ3v) is 1.44. The molecule has 0 aliphatic carbocycles. The van der Waals surface area contributed by atoms with Crippen molar-refractivity contribution >= 4 is 12.1 Å². The van der Waals surface area contributed by atoms with Gasteiger partial charge in [-0.2, -0.15) is 0 Å². The average Bonchev–Trinajstić information content (AvgIpc) is 2.07. The van der Waals surface area contributed by atoms with Crippen LogP contribution in [0.3, 0.4) is 0 Å². The van der Waals surface area contributed by atoms with Crippen LogP contribution in [0.4, 0.5) is 0 Å². The van der Waals surface area contributed by atoms with Crippen molar-refractivity contribution in [2.75, 3.05) is 0 Å². The molecule has 56 valence electrons. The van der Waals surface area contributed by atoms with Crippen LogP contribution in [0.1, 0.15) is 12.5 Å². The molecule has 0 N–H and O–H groups in total. The zero-order valence-electron chi connectivity index (χ0n) is 6.32. The molecule has 1 rings (SSSR count). The van der Waals surface area contributed by atoms with Crippen LogP contribution in [0.2, 0.25) is 0 Å². The highest BCUT2D eigenvalue weighted by atomic mass is 16.1. The molecule has 0 aromatic heterocycles. The van der Waals surface area contributed by atoms with Gasteiger partial charge in [0, 0.05) is 5.71 Å². The number of amides is 1. The first-order chi connectivity index (χ1) is 5.34. The molecule has 0 spiro atoms. The summed E-state index contributed by atoms with van der Waals surface area (Å²) in [6.45, 7) is 1.81. The first kappa shape index (κ1) is 7.66. The predicted molar refractivity (Wildman–Crippen MR) is 44.7 cm³/mol. The molecule has 2 nitrogen and oxygen atoms in total. The van der Waals surface area contributed by atoms with Gasteiger partial charge in [0.2, 0.25) is 6.41 Å². The van der Waals surface area contributed by atoms with Crippen molar-refractivity contribution in [3.63, 3.8) is 0 Å². The van der Waals surface area contributed by atoms with Gasteiger partial charge in [-0.05, 0) is 12.5 Å². The molecule has 11 heavy (non-hydrogen) atoms. The van der Waals surface area contributed by atoms with Crippen molar-refractivity contribution < 1.29 is 4.79 Å². The Kier molecular flexibility index (Phi) is 2.55. The lowest BCUT2D eigenvalue weighted by atomic mass is 10.1. The van der Waals surface area contributed by atoms with Crippen LogP contribution in [-0.2, 0) is 4.79 Å². The lowest BCUT2D eigenvalue weighted by Crippen LogP contribution is -1.93. The number of nitrogens with zero attached hydrogens (tertiary/aromatic N) is 1. The fourth-order valence-electron chi connectivity index (χ4n) is 0.833. The van der Waals surface area contributed by atoms with E-state index >= 15 is 0 Å². The average molecular weight is 147 g/mol. The summed E-state index contributed by atoms with van der Waals surface area (Å²) in [4.78, 5) is 13.6. The van der Waals surface area contributed by atoms with E-state index in [9.17, 15) is 4.79 Å². The Bertz CT molecular complexity index is 264. The molecular formula is C9H9NO. The van der Waals surface area contributed by atoms with E-state index < -0.39 is 0 Å². The second-order valence-corrected chi connectivity index (χ2v) is 2.19. The SMILES string of the molecule is C/C(=N\C=O)c1ccccc1. The highest BCUT2D eigenvalue weighted by Gasteiger charge is 1.92. The number of hydrogen-bond donors (Lipinski definition) is 0. The Morgan fingerprint density at radius 2 is 2.00 bits per heavy atom. The van der Waals surface area contributed by atoms with Crippen LogP contribution in [0, 0.1) is 0 Å². The Morgan fingerprint density at radius 3 is 2.55 bits per heavy atom. The van der Waals surface area contributed by atoms with Crippen LogP contribution < -0.4 is 0 Å². The van der Waals surface area contributed by atoms with Crippen molar-refractivity contribution in [3.05, 3.63) is 35.9 Å². The highest BCUT2D eigenvalue weighted by molar-refractivity contribution is 6.01. The van der Waals surface area contributed by atoms with Crippen LogP contribution in [0.25, 0.3) is 0 Å². The third kappa shape index (κ3) is 2.00. The fourth-order valence-corrected chi connectivity index (χ4v) is 0.833. The zero-order chi connectivity index (χ0) is 8.10. The van der Waals surface area contributed by atoms with Gasteiger partial charge in [-0.1, -0.05) is 30.3 Å². The summed E-state index contributed by atoms with van der Waals surface area (Å²) in [5.74, 6) is 0.